The lowest BCUT2D eigenvalue weighted by molar-refractivity contribution is -0.111. The summed E-state index contributed by atoms with van der Waals surface area (Å²) in [6.07, 6.45) is 8.34. The number of amides is 1. The Balaban J connectivity index is 1.31. The fraction of sp³-hybridized carbons (Fsp3) is 0.375. The summed E-state index contributed by atoms with van der Waals surface area (Å²) >= 11 is 0. The Morgan fingerprint density at radius 3 is 2.94 bits per heavy atom. The summed E-state index contributed by atoms with van der Waals surface area (Å²) in [6.45, 7) is 3.04. The second kappa shape index (κ2) is 8.13. The van der Waals surface area contributed by atoms with Crippen LogP contribution in [0.15, 0.2) is 40.8 Å². The predicted octanol–water partition coefficient (Wildman–Crippen LogP) is 5.18. The maximum absolute atomic E-state index is 14.4. The van der Waals surface area contributed by atoms with Gasteiger partial charge in [-0.15, -0.1) is 10.2 Å². The molecule has 1 N–H and O–H groups in total. The molecule has 3 heterocycles. The molecular formula is C24H25FN4O2. The fourth-order valence-electron chi connectivity index (χ4n) is 4.17. The Hall–Kier alpha value is -3.22. The van der Waals surface area contributed by atoms with E-state index < -0.39 is 11.7 Å². The zero-order valence-electron chi connectivity index (χ0n) is 17.5. The topological polar surface area (TPSA) is 73.0 Å². The molecule has 0 spiro atoms. The molecule has 3 aromatic rings. The number of carbonyl (C=O) groups excluding carboxylic acids is 1. The molecule has 0 saturated heterocycles. The van der Waals surface area contributed by atoms with Crippen molar-refractivity contribution in [1.29, 1.82) is 0 Å². The lowest BCUT2D eigenvalue weighted by Gasteiger charge is -2.09. The Bertz CT molecular complexity index is 1150. The molecule has 0 bridgehead atoms. The first kappa shape index (κ1) is 19.7. The lowest BCUT2D eigenvalue weighted by atomic mass is 10.1. The van der Waals surface area contributed by atoms with Gasteiger partial charge in [0.2, 0.25) is 5.91 Å². The molecule has 1 amide bonds. The molecule has 2 aromatic heterocycles. The van der Waals surface area contributed by atoms with Crippen molar-refractivity contribution in [2.45, 2.75) is 51.5 Å². The molecule has 1 saturated carbocycles. The van der Waals surface area contributed by atoms with E-state index in [4.69, 9.17) is 4.42 Å². The molecule has 160 valence electrons. The van der Waals surface area contributed by atoms with E-state index in [0.29, 0.717) is 23.4 Å². The van der Waals surface area contributed by atoms with Crippen molar-refractivity contribution in [3.05, 3.63) is 59.6 Å². The highest BCUT2D eigenvalue weighted by atomic mass is 19.1. The SMILES string of the molecule is CC1CC1c1ccc(/C=C/C(=O)Nc2cc(-c3nnc4n3CCCCC4)ccc2F)o1. The molecule has 5 rings (SSSR count). The Kier molecular flexibility index (Phi) is 5.18. The number of hydrogen-bond acceptors (Lipinski definition) is 4. The average molecular weight is 420 g/mol. The van der Waals surface area contributed by atoms with Crippen molar-refractivity contribution in [2.24, 2.45) is 5.92 Å². The summed E-state index contributed by atoms with van der Waals surface area (Å²) in [6, 6.07) is 8.44. The normalized spacial score (nSPS) is 20.5. The smallest absolute Gasteiger partial charge is 0.248 e. The first-order valence-electron chi connectivity index (χ1n) is 10.9. The van der Waals surface area contributed by atoms with Gasteiger partial charge in [-0.1, -0.05) is 13.3 Å². The molecular weight excluding hydrogens is 395 g/mol. The van der Waals surface area contributed by atoms with Crippen LogP contribution in [0, 0.1) is 11.7 Å². The van der Waals surface area contributed by atoms with Crippen LogP contribution in [0.25, 0.3) is 17.5 Å². The van der Waals surface area contributed by atoms with Crippen molar-refractivity contribution < 1.29 is 13.6 Å². The number of rotatable bonds is 5. The third-order valence-corrected chi connectivity index (χ3v) is 6.11. The molecule has 1 aromatic carbocycles. The molecule has 0 radical (unpaired) electrons. The number of furan rings is 1. The van der Waals surface area contributed by atoms with Crippen LogP contribution >= 0.6 is 0 Å². The summed E-state index contributed by atoms with van der Waals surface area (Å²) in [5, 5.41) is 11.2. The monoisotopic (exact) mass is 420 g/mol. The largest absolute Gasteiger partial charge is 0.461 e. The maximum atomic E-state index is 14.4. The lowest BCUT2D eigenvalue weighted by Crippen LogP contribution is -2.10. The van der Waals surface area contributed by atoms with Crippen molar-refractivity contribution in [2.75, 3.05) is 5.32 Å². The van der Waals surface area contributed by atoms with E-state index in [1.165, 1.54) is 12.1 Å². The van der Waals surface area contributed by atoms with Gasteiger partial charge in [0.25, 0.3) is 0 Å². The number of aromatic nitrogens is 3. The number of hydrogen-bond donors (Lipinski definition) is 1. The number of fused-ring (bicyclic) bond motifs is 1. The van der Waals surface area contributed by atoms with Crippen molar-refractivity contribution in [3.63, 3.8) is 0 Å². The van der Waals surface area contributed by atoms with Gasteiger partial charge < -0.3 is 14.3 Å². The second-order valence-corrected chi connectivity index (χ2v) is 8.48. The second-order valence-electron chi connectivity index (χ2n) is 8.48. The molecule has 1 aliphatic heterocycles. The van der Waals surface area contributed by atoms with E-state index in [0.717, 1.165) is 55.8 Å². The zero-order valence-corrected chi connectivity index (χ0v) is 17.5. The standard InChI is InChI=1S/C24H25FN4O2/c1-15-13-18(15)21-10-7-17(31-21)8-11-23(30)26-20-14-16(6-9-19(20)25)24-28-27-22-5-3-2-4-12-29(22)24/h6-11,14-15,18H,2-5,12-13H2,1H3,(H,26,30)/b11-8+. The third kappa shape index (κ3) is 4.17. The van der Waals surface area contributed by atoms with E-state index in [2.05, 4.69) is 27.0 Å². The minimum Gasteiger partial charge on any atom is -0.461 e. The predicted molar refractivity (Wildman–Crippen MR) is 116 cm³/mol. The molecule has 1 fully saturated rings. The number of nitrogens with one attached hydrogen (secondary N) is 1. The van der Waals surface area contributed by atoms with Crippen LogP contribution < -0.4 is 5.32 Å². The van der Waals surface area contributed by atoms with Crippen LogP contribution in [0.1, 0.15) is 55.9 Å². The summed E-state index contributed by atoms with van der Waals surface area (Å²) in [4.78, 5) is 12.4. The van der Waals surface area contributed by atoms with E-state index in [1.807, 2.05) is 12.1 Å². The summed E-state index contributed by atoms with van der Waals surface area (Å²) in [5.74, 6) is 3.47. The van der Waals surface area contributed by atoms with Crippen LogP contribution in [0.2, 0.25) is 0 Å². The molecule has 2 atom stereocenters. The average Bonchev–Trinajstić information content (AvgIpc) is 3.19. The Morgan fingerprint density at radius 1 is 1.23 bits per heavy atom. The van der Waals surface area contributed by atoms with Gasteiger partial charge in [0.05, 0.1) is 5.69 Å². The van der Waals surface area contributed by atoms with Gasteiger partial charge in [-0.05, 0) is 61.6 Å². The van der Waals surface area contributed by atoms with Crippen LogP contribution in [-0.2, 0) is 17.8 Å². The summed E-state index contributed by atoms with van der Waals surface area (Å²) in [5.41, 5.74) is 0.848. The minimum absolute atomic E-state index is 0.116. The van der Waals surface area contributed by atoms with Crippen molar-refractivity contribution in [3.8, 4) is 11.4 Å². The first-order chi connectivity index (χ1) is 15.1. The number of nitrogens with zero attached hydrogens (tertiary/aromatic N) is 3. The van der Waals surface area contributed by atoms with Crippen LogP contribution in [0.5, 0.6) is 0 Å². The fourth-order valence-corrected chi connectivity index (χ4v) is 4.17. The Labute approximate surface area is 180 Å². The quantitative estimate of drug-likeness (QED) is 0.577. The molecule has 6 nitrogen and oxygen atoms in total. The molecule has 31 heavy (non-hydrogen) atoms. The number of anilines is 1. The van der Waals surface area contributed by atoms with E-state index in [1.54, 1.807) is 18.2 Å². The highest BCUT2D eigenvalue weighted by molar-refractivity contribution is 6.02. The molecule has 2 aliphatic rings. The highest BCUT2D eigenvalue weighted by Crippen LogP contribution is 2.47. The number of aryl methyl sites for hydroxylation is 1. The molecule has 7 heteroatoms. The van der Waals surface area contributed by atoms with Crippen LogP contribution in [0.3, 0.4) is 0 Å². The van der Waals surface area contributed by atoms with E-state index >= 15 is 0 Å². The zero-order chi connectivity index (χ0) is 21.4. The maximum Gasteiger partial charge on any atom is 0.248 e. The van der Waals surface area contributed by atoms with Gasteiger partial charge in [0, 0.05) is 30.5 Å². The number of carbonyl (C=O) groups is 1. The van der Waals surface area contributed by atoms with Crippen LogP contribution in [0.4, 0.5) is 10.1 Å². The van der Waals surface area contributed by atoms with Gasteiger partial charge in [-0.3, -0.25) is 4.79 Å². The van der Waals surface area contributed by atoms with Crippen molar-refractivity contribution >= 4 is 17.7 Å². The minimum atomic E-state index is -0.496. The van der Waals surface area contributed by atoms with Gasteiger partial charge in [-0.25, -0.2) is 4.39 Å². The Morgan fingerprint density at radius 2 is 2.10 bits per heavy atom. The van der Waals surface area contributed by atoms with E-state index in [-0.39, 0.29) is 5.69 Å². The van der Waals surface area contributed by atoms with E-state index in [9.17, 15) is 9.18 Å². The summed E-state index contributed by atoms with van der Waals surface area (Å²) < 4.78 is 22.2. The first-order valence-corrected chi connectivity index (χ1v) is 10.9. The highest BCUT2D eigenvalue weighted by Gasteiger charge is 2.36. The van der Waals surface area contributed by atoms with Crippen LogP contribution in [-0.4, -0.2) is 20.7 Å². The third-order valence-electron chi connectivity index (χ3n) is 6.11. The molecule has 1 aliphatic carbocycles. The molecule has 2 unspecified atom stereocenters. The number of halogens is 1. The van der Waals surface area contributed by atoms with Gasteiger partial charge in [-0.2, -0.15) is 0 Å². The number of benzene rings is 1. The van der Waals surface area contributed by atoms with Gasteiger partial charge >= 0.3 is 0 Å². The van der Waals surface area contributed by atoms with Gasteiger partial charge in [0.1, 0.15) is 23.2 Å². The summed E-state index contributed by atoms with van der Waals surface area (Å²) in [7, 11) is 0. The van der Waals surface area contributed by atoms with Crippen molar-refractivity contribution in [1.82, 2.24) is 14.8 Å². The van der Waals surface area contributed by atoms with Gasteiger partial charge in [0.15, 0.2) is 5.82 Å².